The van der Waals surface area contributed by atoms with E-state index in [1.165, 1.54) is 11.6 Å². The number of nitrogens with zero attached hydrogens (tertiary/aromatic N) is 2. The lowest BCUT2D eigenvalue weighted by Crippen LogP contribution is -2.21. The molecule has 0 saturated heterocycles. The zero-order valence-corrected chi connectivity index (χ0v) is 8.21. The topological polar surface area (TPSA) is 34.9 Å². The van der Waals surface area contributed by atoms with Crippen LogP contribution in [0.2, 0.25) is 0 Å². The van der Waals surface area contributed by atoms with Gasteiger partial charge in [-0.3, -0.25) is 9.36 Å². The quantitative estimate of drug-likeness (QED) is 0.660. The Labute approximate surface area is 84.0 Å². The van der Waals surface area contributed by atoms with Crippen LogP contribution in [-0.2, 0) is 7.05 Å². The number of aromatic nitrogens is 2. The summed E-state index contributed by atoms with van der Waals surface area (Å²) in [4.78, 5) is 15.5. The Balaban J connectivity index is 3.12. The zero-order valence-electron chi connectivity index (χ0n) is 8.21. The molecule has 0 saturated carbocycles. The van der Waals surface area contributed by atoms with Gasteiger partial charge in [0.05, 0.1) is 0 Å². The SMILES string of the molecule is Cc1nc2c(F)ccc(F)c2c(=O)n1C. The number of hydrogen-bond acceptors (Lipinski definition) is 2. The number of fused-ring (bicyclic) bond motifs is 1. The molecule has 0 aliphatic heterocycles. The number of halogens is 2. The Kier molecular flexibility index (Phi) is 2.03. The van der Waals surface area contributed by atoms with E-state index in [2.05, 4.69) is 4.98 Å². The highest BCUT2D eigenvalue weighted by Crippen LogP contribution is 2.15. The van der Waals surface area contributed by atoms with Crippen LogP contribution in [0, 0.1) is 18.6 Å². The highest BCUT2D eigenvalue weighted by Gasteiger charge is 2.13. The van der Waals surface area contributed by atoms with Crippen molar-refractivity contribution in [3.05, 3.63) is 39.9 Å². The summed E-state index contributed by atoms with van der Waals surface area (Å²) < 4.78 is 27.8. The van der Waals surface area contributed by atoms with Crippen molar-refractivity contribution in [2.24, 2.45) is 7.05 Å². The van der Waals surface area contributed by atoms with Gasteiger partial charge in [0.15, 0.2) is 0 Å². The Morgan fingerprint density at radius 2 is 1.87 bits per heavy atom. The molecular formula is C10H8F2N2O. The van der Waals surface area contributed by atoms with E-state index in [0.29, 0.717) is 5.82 Å². The van der Waals surface area contributed by atoms with Crippen LogP contribution >= 0.6 is 0 Å². The van der Waals surface area contributed by atoms with E-state index in [4.69, 9.17) is 0 Å². The minimum Gasteiger partial charge on any atom is -0.299 e. The maximum absolute atomic E-state index is 13.3. The van der Waals surface area contributed by atoms with Gasteiger partial charge in [0, 0.05) is 7.05 Å². The summed E-state index contributed by atoms with van der Waals surface area (Å²) in [6.45, 7) is 1.56. The molecular weight excluding hydrogens is 202 g/mol. The van der Waals surface area contributed by atoms with Crippen molar-refractivity contribution in [2.45, 2.75) is 6.92 Å². The molecule has 2 rings (SSSR count). The first kappa shape index (κ1) is 9.76. The summed E-state index contributed by atoms with van der Waals surface area (Å²) in [5.41, 5.74) is -0.787. The second kappa shape index (κ2) is 3.12. The Morgan fingerprint density at radius 3 is 2.53 bits per heavy atom. The fraction of sp³-hybridized carbons (Fsp3) is 0.200. The van der Waals surface area contributed by atoms with Gasteiger partial charge in [-0.2, -0.15) is 0 Å². The molecule has 0 N–H and O–H groups in total. The second-order valence-corrected chi connectivity index (χ2v) is 3.28. The van der Waals surface area contributed by atoms with Crippen molar-refractivity contribution in [3.63, 3.8) is 0 Å². The number of benzene rings is 1. The largest absolute Gasteiger partial charge is 0.299 e. The van der Waals surface area contributed by atoms with Crippen LogP contribution in [0.15, 0.2) is 16.9 Å². The fourth-order valence-corrected chi connectivity index (χ4v) is 1.41. The van der Waals surface area contributed by atoms with Gasteiger partial charge in [0.1, 0.15) is 28.4 Å². The molecule has 3 nitrogen and oxygen atoms in total. The predicted molar refractivity (Wildman–Crippen MR) is 51.6 cm³/mol. The molecule has 78 valence electrons. The first-order chi connectivity index (χ1) is 7.02. The molecule has 0 fully saturated rings. The third kappa shape index (κ3) is 1.31. The Bertz CT molecular complexity index is 604. The molecule has 0 amide bonds. The lowest BCUT2D eigenvalue weighted by molar-refractivity contribution is 0.610. The minimum atomic E-state index is -0.750. The minimum absolute atomic E-state index is 0.212. The summed E-state index contributed by atoms with van der Waals surface area (Å²) in [5, 5.41) is -0.303. The normalized spacial score (nSPS) is 10.9. The standard InChI is InChI=1S/C10H8F2N2O/c1-5-13-9-7(12)4-3-6(11)8(9)10(15)14(5)2/h3-4H,1-2H3. The van der Waals surface area contributed by atoms with Gasteiger partial charge in [0.2, 0.25) is 0 Å². The molecule has 0 aliphatic carbocycles. The van der Waals surface area contributed by atoms with E-state index in [0.717, 1.165) is 12.1 Å². The zero-order chi connectivity index (χ0) is 11.2. The molecule has 0 atom stereocenters. The molecule has 0 spiro atoms. The molecule has 1 heterocycles. The number of hydrogen-bond donors (Lipinski definition) is 0. The number of rotatable bonds is 0. The maximum Gasteiger partial charge on any atom is 0.264 e. The highest BCUT2D eigenvalue weighted by molar-refractivity contribution is 5.78. The van der Waals surface area contributed by atoms with Gasteiger partial charge in [0.25, 0.3) is 5.56 Å². The average Bonchev–Trinajstić information content (AvgIpc) is 2.20. The first-order valence-electron chi connectivity index (χ1n) is 4.33. The van der Waals surface area contributed by atoms with Gasteiger partial charge in [-0.1, -0.05) is 0 Å². The van der Waals surface area contributed by atoms with Gasteiger partial charge < -0.3 is 0 Å². The van der Waals surface area contributed by atoms with Crippen molar-refractivity contribution in [2.75, 3.05) is 0 Å². The van der Waals surface area contributed by atoms with Crippen molar-refractivity contribution < 1.29 is 8.78 Å². The summed E-state index contributed by atoms with van der Waals surface area (Å²) in [6, 6.07) is 1.89. The molecule has 0 radical (unpaired) electrons. The molecule has 0 aliphatic rings. The van der Waals surface area contributed by atoms with Crippen molar-refractivity contribution in [3.8, 4) is 0 Å². The molecule has 15 heavy (non-hydrogen) atoms. The van der Waals surface area contributed by atoms with Crippen molar-refractivity contribution in [1.29, 1.82) is 0 Å². The number of aryl methyl sites for hydroxylation is 1. The van der Waals surface area contributed by atoms with Crippen LogP contribution in [0.4, 0.5) is 8.78 Å². The molecule has 5 heteroatoms. The third-order valence-electron chi connectivity index (χ3n) is 2.36. The Hall–Kier alpha value is -1.78. The highest BCUT2D eigenvalue weighted by atomic mass is 19.1. The average molecular weight is 210 g/mol. The van der Waals surface area contributed by atoms with E-state index in [1.54, 1.807) is 6.92 Å². The summed E-state index contributed by atoms with van der Waals surface area (Å²) in [6.07, 6.45) is 0. The first-order valence-corrected chi connectivity index (χ1v) is 4.33. The van der Waals surface area contributed by atoms with Gasteiger partial charge in [-0.25, -0.2) is 13.8 Å². The van der Waals surface area contributed by atoms with Crippen LogP contribution < -0.4 is 5.56 Å². The molecule has 0 bridgehead atoms. The molecule has 2 aromatic rings. The van der Waals surface area contributed by atoms with Crippen molar-refractivity contribution in [1.82, 2.24) is 9.55 Å². The summed E-state index contributed by atoms with van der Waals surface area (Å²) in [7, 11) is 1.47. The molecule has 0 unspecified atom stereocenters. The summed E-state index contributed by atoms with van der Waals surface area (Å²) in [5.74, 6) is -1.09. The van der Waals surface area contributed by atoms with E-state index < -0.39 is 17.2 Å². The summed E-state index contributed by atoms with van der Waals surface area (Å²) >= 11 is 0. The Morgan fingerprint density at radius 1 is 1.27 bits per heavy atom. The van der Waals surface area contributed by atoms with Crippen LogP contribution in [-0.4, -0.2) is 9.55 Å². The van der Waals surface area contributed by atoms with Gasteiger partial charge in [-0.15, -0.1) is 0 Å². The predicted octanol–water partition coefficient (Wildman–Crippen LogP) is 1.52. The van der Waals surface area contributed by atoms with Crippen molar-refractivity contribution >= 4 is 10.9 Å². The lowest BCUT2D eigenvalue weighted by atomic mass is 10.2. The fourth-order valence-electron chi connectivity index (χ4n) is 1.41. The van der Waals surface area contributed by atoms with E-state index in [1.807, 2.05) is 0 Å². The van der Waals surface area contributed by atoms with E-state index in [-0.39, 0.29) is 10.9 Å². The second-order valence-electron chi connectivity index (χ2n) is 3.28. The van der Waals surface area contributed by atoms with E-state index >= 15 is 0 Å². The van der Waals surface area contributed by atoms with Crippen LogP contribution in [0.5, 0.6) is 0 Å². The van der Waals surface area contributed by atoms with Crippen LogP contribution in [0.25, 0.3) is 10.9 Å². The van der Waals surface area contributed by atoms with Gasteiger partial charge >= 0.3 is 0 Å². The molecule has 1 aromatic carbocycles. The smallest absolute Gasteiger partial charge is 0.264 e. The van der Waals surface area contributed by atoms with Gasteiger partial charge in [-0.05, 0) is 19.1 Å². The maximum atomic E-state index is 13.3. The third-order valence-corrected chi connectivity index (χ3v) is 2.36. The van der Waals surface area contributed by atoms with E-state index in [9.17, 15) is 13.6 Å². The lowest BCUT2D eigenvalue weighted by Gasteiger charge is -2.05. The van der Waals surface area contributed by atoms with Crippen LogP contribution in [0.3, 0.4) is 0 Å². The monoisotopic (exact) mass is 210 g/mol. The van der Waals surface area contributed by atoms with Crippen LogP contribution in [0.1, 0.15) is 5.82 Å². The molecule has 1 aromatic heterocycles.